The third kappa shape index (κ3) is 4.86. The van der Waals surface area contributed by atoms with Crippen LogP contribution in [0.1, 0.15) is 27.4 Å². The molecule has 6 nitrogen and oxygen atoms in total. The highest BCUT2D eigenvalue weighted by Gasteiger charge is 2.07. The lowest BCUT2D eigenvalue weighted by atomic mass is 10.2. The Balaban J connectivity index is 1.61. The molecule has 0 unspecified atom stereocenters. The molecule has 0 aliphatic rings. The zero-order chi connectivity index (χ0) is 18.4. The number of aromatic nitrogens is 3. The molecule has 0 aliphatic carbocycles. The molecule has 26 heavy (non-hydrogen) atoms. The second kappa shape index (κ2) is 8.20. The first-order valence-corrected chi connectivity index (χ1v) is 8.47. The van der Waals surface area contributed by atoms with Crippen LogP contribution in [0.4, 0.5) is 11.6 Å². The van der Waals surface area contributed by atoms with E-state index in [0.717, 1.165) is 22.8 Å². The van der Waals surface area contributed by atoms with Gasteiger partial charge in [-0.1, -0.05) is 12.1 Å². The number of anilines is 2. The molecule has 0 aliphatic heterocycles. The maximum absolute atomic E-state index is 12.4. The van der Waals surface area contributed by atoms with Gasteiger partial charge in [-0.25, -0.2) is 9.97 Å². The number of pyridine rings is 1. The summed E-state index contributed by atoms with van der Waals surface area (Å²) in [4.78, 5) is 25.3. The van der Waals surface area contributed by atoms with E-state index in [4.69, 9.17) is 0 Å². The normalized spacial score (nSPS) is 10.4. The second-order valence-electron chi connectivity index (χ2n) is 6.01. The largest absolute Gasteiger partial charge is 0.352 e. The van der Waals surface area contributed by atoms with Crippen molar-refractivity contribution in [3.63, 3.8) is 0 Å². The molecule has 2 N–H and O–H groups in total. The minimum Gasteiger partial charge on any atom is -0.352 e. The first-order chi connectivity index (χ1) is 12.6. The molecular formula is C20H21N5O. The lowest BCUT2D eigenvalue weighted by molar-refractivity contribution is 0.0954. The molecule has 3 aromatic rings. The van der Waals surface area contributed by atoms with Gasteiger partial charge in [0.25, 0.3) is 5.91 Å². The van der Waals surface area contributed by atoms with Crippen LogP contribution in [0.3, 0.4) is 0 Å². The number of carbonyl (C=O) groups excluding carboxylic acids is 1. The number of nitrogens with one attached hydrogen (secondary N) is 2. The fourth-order valence-corrected chi connectivity index (χ4v) is 2.60. The molecule has 3 rings (SSSR count). The zero-order valence-electron chi connectivity index (χ0n) is 14.9. The summed E-state index contributed by atoms with van der Waals surface area (Å²) in [5, 5.41) is 6.07. The van der Waals surface area contributed by atoms with Crippen LogP contribution in [0.2, 0.25) is 0 Å². The summed E-state index contributed by atoms with van der Waals surface area (Å²) in [5.74, 6) is 0.404. The average molecular weight is 347 g/mol. The Morgan fingerprint density at radius 2 is 1.81 bits per heavy atom. The number of carbonyl (C=O) groups is 1. The van der Waals surface area contributed by atoms with Crippen molar-refractivity contribution in [2.24, 2.45) is 0 Å². The quantitative estimate of drug-likeness (QED) is 0.716. The maximum Gasteiger partial charge on any atom is 0.251 e. The van der Waals surface area contributed by atoms with Crippen molar-refractivity contribution in [3.8, 4) is 0 Å². The van der Waals surface area contributed by atoms with Gasteiger partial charge < -0.3 is 10.6 Å². The van der Waals surface area contributed by atoms with Crippen LogP contribution in [0.5, 0.6) is 0 Å². The first kappa shape index (κ1) is 17.5. The van der Waals surface area contributed by atoms with Gasteiger partial charge >= 0.3 is 0 Å². The van der Waals surface area contributed by atoms with E-state index in [1.807, 2.05) is 50.2 Å². The molecule has 6 heteroatoms. The van der Waals surface area contributed by atoms with Gasteiger partial charge in [-0.05, 0) is 50.2 Å². The Kier molecular flexibility index (Phi) is 5.53. The highest BCUT2D eigenvalue weighted by Crippen LogP contribution is 2.15. The van der Waals surface area contributed by atoms with Crippen molar-refractivity contribution >= 4 is 17.5 Å². The Morgan fingerprint density at radius 1 is 1.00 bits per heavy atom. The highest BCUT2D eigenvalue weighted by molar-refractivity contribution is 5.95. The average Bonchev–Trinajstić information content (AvgIpc) is 2.62. The third-order valence-corrected chi connectivity index (χ3v) is 3.76. The van der Waals surface area contributed by atoms with Crippen LogP contribution in [0.25, 0.3) is 0 Å². The van der Waals surface area contributed by atoms with Crippen LogP contribution in [-0.2, 0) is 6.42 Å². The van der Waals surface area contributed by atoms with E-state index in [-0.39, 0.29) is 5.91 Å². The molecule has 0 spiro atoms. The molecule has 0 fully saturated rings. The molecular weight excluding hydrogens is 326 g/mol. The maximum atomic E-state index is 12.4. The minimum atomic E-state index is -0.120. The van der Waals surface area contributed by atoms with E-state index >= 15 is 0 Å². The van der Waals surface area contributed by atoms with Crippen LogP contribution < -0.4 is 10.6 Å². The Morgan fingerprint density at radius 3 is 2.54 bits per heavy atom. The van der Waals surface area contributed by atoms with Crippen molar-refractivity contribution in [3.05, 3.63) is 77.4 Å². The minimum absolute atomic E-state index is 0.120. The summed E-state index contributed by atoms with van der Waals surface area (Å²) in [7, 11) is 0. The summed E-state index contributed by atoms with van der Waals surface area (Å²) in [6.45, 7) is 4.38. The van der Waals surface area contributed by atoms with E-state index in [9.17, 15) is 4.79 Å². The number of aryl methyl sites for hydroxylation is 2. The van der Waals surface area contributed by atoms with Crippen LogP contribution >= 0.6 is 0 Å². The van der Waals surface area contributed by atoms with E-state index in [0.29, 0.717) is 24.5 Å². The molecule has 132 valence electrons. The van der Waals surface area contributed by atoms with E-state index in [2.05, 4.69) is 25.6 Å². The third-order valence-electron chi connectivity index (χ3n) is 3.76. The standard InChI is InChI=1S/C20H21N5O/c1-14-12-15(2)24-20(23-14)25-18-8-5-6-16(13-18)19(26)22-11-9-17-7-3-4-10-21-17/h3-8,10,12-13H,9,11H2,1-2H3,(H,22,26)(H,23,24,25). The van der Waals surface area contributed by atoms with Crippen LogP contribution in [0.15, 0.2) is 54.7 Å². The Hall–Kier alpha value is -3.28. The van der Waals surface area contributed by atoms with Crippen molar-refractivity contribution < 1.29 is 4.79 Å². The zero-order valence-corrected chi connectivity index (χ0v) is 14.9. The van der Waals surface area contributed by atoms with Gasteiger partial charge in [0.2, 0.25) is 5.95 Å². The Labute approximate surface area is 152 Å². The van der Waals surface area contributed by atoms with E-state index in [1.165, 1.54) is 0 Å². The van der Waals surface area contributed by atoms with Gasteiger partial charge in [0.1, 0.15) is 0 Å². The lowest BCUT2D eigenvalue weighted by Crippen LogP contribution is -2.25. The van der Waals surface area contributed by atoms with Gasteiger partial charge in [-0.2, -0.15) is 0 Å². The van der Waals surface area contributed by atoms with Crippen molar-refractivity contribution in [2.45, 2.75) is 20.3 Å². The lowest BCUT2D eigenvalue weighted by Gasteiger charge is -2.09. The predicted octanol–water partition coefficient (Wildman–Crippen LogP) is 3.20. The predicted molar refractivity (Wildman–Crippen MR) is 102 cm³/mol. The molecule has 1 amide bonds. The number of hydrogen-bond donors (Lipinski definition) is 2. The fraction of sp³-hybridized carbons (Fsp3) is 0.200. The molecule has 1 aromatic carbocycles. The summed E-state index contributed by atoms with van der Waals surface area (Å²) in [5.41, 5.74) is 4.09. The first-order valence-electron chi connectivity index (χ1n) is 8.47. The number of nitrogens with zero attached hydrogens (tertiary/aromatic N) is 3. The second-order valence-corrected chi connectivity index (χ2v) is 6.01. The molecule has 0 bridgehead atoms. The number of rotatable bonds is 6. The smallest absolute Gasteiger partial charge is 0.251 e. The van der Waals surface area contributed by atoms with Crippen molar-refractivity contribution in [2.75, 3.05) is 11.9 Å². The summed E-state index contributed by atoms with van der Waals surface area (Å²) >= 11 is 0. The van der Waals surface area contributed by atoms with E-state index in [1.54, 1.807) is 18.3 Å². The van der Waals surface area contributed by atoms with Crippen molar-refractivity contribution in [1.82, 2.24) is 20.3 Å². The molecule has 2 heterocycles. The number of hydrogen-bond acceptors (Lipinski definition) is 5. The van der Waals surface area contributed by atoms with Crippen LogP contribution in [-0.4, -0.2) is 27.4 Å². The number of benzene rings is 1. The van der Waals surface area contributed by atoms with Gasteiger partial charge in [0.05, 0.1) is 0 Å². The molecule has 0 saturated heterocycles. The van der Waals surface area contributed by atoms with Gasteiger partial charge in [0.15, 0.2) is 0 Å². The molecule has 0 radical (unpaired) electrons. The van der Waals surface area contributed by atoms with Gasteiger partial charge in [-0.3, -0.25) is 9.78 Å². The SMILES string of the molecule is Cc1cc(C)nc(Nc2cccc(C(=O)NCCc3ccccn3)c2)n1. The highest BCUT2D eigenvalue weighted by atomic mass is 16.1. The monoisotopic (exact) mass is 347 g/mol. The van der Waals surface area contributed by atoms with Crippen molar-refractivity contribution in [1.29, 1.82) is 0 Å². The molecule has 0 atom stereocenters. The van der Waals surface area contributed by atoms with E-state index < -0.39 is 0 Å². The topological polar surface area (TPSA) is 79.8 Å². The van der Waals surface area contributed by atoms with Gasteiger partial charge in [0, 0.05) is 47.5 Å². The Bertz CT molecular complexity index is 875. The molecule has 2 aromatic heterocycles. The van der Waals surface area contributed by atoms with Gasteiger partial charge in [-0.15, -0.1) is 0 Å². The molecule has 0 saturated carbocycles. The van der Waals surface area contributed by atoms with Crippen LogP contribution in [0, 0.1) is 13.8 Å². The summed E-state index contributed by atoms with van der Waals surface area (Å²) in [6, 6.07) is 15.0. The summed E-state index contributed by atoms with van der Waals surface area (Å²) in [6.07, 6.45) is 2.45. The summed E-state index contributed by atoms with van der Waals surface area (Å²) < 4.78 is 0. The number of amides is 1. The fourth-order valence-electron chi connectivity index (χ4n) is 2.60.